The Kier molecular flexibility index (Phi) is 6.01. The van der Waals surface area contributed by atoms with Crippen LogP contribution in [0.5, 0.6) is 5.75 Å². The van der Waals surface area contributed by atoms with Crippen LogP contribution in [0.15, 0.2) is 52.9 Å². The minimum Gasteiger partial charge on any atom is -0.497 e. The van der Waals surface area contributed by atoms with Crippen molar-refractivity contribution in [2.75, 3.05) is 19.5 Å². The largest absolute Gasteiger partial charge is 0.497 e. The predicted octanol–water partition coefficient (Wildman–Crippen LogP) is 3.10. The molecule has 8 nitrogen and oxygen atoms in total. The SMILES string of the molecule is COC(=O)c1ccc(NC(=O)CCc2nnc(-c3ccc(OC)cc3)o2)cc1. The smallest absolute Gasteiger partial charge is 0.337 e. The summed E-state index contributed by atoms with van der Waals surface area (Å²) >= 11 is 0. The normalized spacial score (nSPS) is 10.4. The third-order valence-electron chi connectivity index (χ3n) is 3.96. The van der Waals surface area contributed by atoms with Crippen LogP contribution in [0, 0.1) is 0 Å². The first-order valence-electron chi connectivity index (χ1n) is 8.54. The van der Waals surface area contributed by atoms with Crippen LogP contribution in [-0.2, 0) is 16.0 Å². The predicted molar refractivity (Wildman–Crippen MR) is 101 cm³/mol. The van der Waals surface area contributed by atoms with Gasteiger partial charge in [-0.05, 0) is 48.5 Å². The number of methoxy groups -OCH3 is 2. The van der Waals surface area contributed by atoms with Crippen molar-refractivity contribution >= 4 is 17.6 Å². The van der Waals surface area contributed by atoms with Crippen molar-refractivity contribution < 1.29 is 23.5 Å². The van der Waals surface area contributed by atoms with Crippen molar-refractivity contribution in [3.63, 3.8) is 0 Å². The molecule has 0 fully saturated rings. The zero-order valence-electron chi connectivity index (χ0n) is 15.5. The molecule has 144 valence electrons. The number of nitrogens with zero attached hydrogens (tertiary/aromatic N) is 2. The first kappa shape index (κ1) is 19.1. The Morgan fingerprint density at radius 1 is 1.00 bits per heavy atom. The summed E-state index contributed by atoms with van der Waals surface area (Å²) in [6, 6.07) is 13.7. The molecule has 1 heterocycles. The number of benzene rings is 2. The summed E-state index contributed by atoms with van der Waals surface area (Å²) in [5, 5.41) is 10.7. The molecule has 3 rings (SSSR count). The quantitative estimate of drug-likeness (QED) is 0.627. The summed E-state index contributed by atoms with van der Waals surface area (Å²) < 4.78 is 15.4. The van der Waals surface area contributed by atoms with Gasteiger partial charge in [0.1, 0.15) is 5.75 Å². The molecular weight excluding hydrogens is 362 g/mol. The van der Waals surface area contributed by atoms with Crippen LogP contribution in [0.1, 0.15) is 22.7 Å². The van der Waals surface area contributed by atoms with Gasteiger partial charge >= 0.3 is 5.97 Å². The van der Waals surface area contributed by atoms with Crippen LogP contribution in [0.4, 0.5) is 5.69 Å². The molecule has 0 saturated carbocycles. The number of carbonyl (C=O) groups is 2. The third-order valence-corrected chi connectivity index (χ3v) is 3.96. The number of esters is 1. The maximum absolute atomic E-state index is 12.1. The van der Waals surface area contributed by atoms with Gasteiger partial charge in [-0.15, -0.1) is 10.2 Å². The Bertz CT molecular complexity index is 949. The van der Waals surface area contributed by atoms with E-state index in [-0.39, 0.29) is 12.3 Å². The van der Waals surface area contributed by atoms with E-state index in [0.717, 1.165) is 11.3 Å². The number of amides is 1. The number of hydrogen-bond acceptors (Lipinski definition) is 7. The van der Waals surface area contributed by atoms with Gasteiger partial charge in [0.15, 0.2) is 0 Å². The summed E-state index contributed by atoms with van der Waals surface area (Å²) in [6.07, 6.45) is 0.498. The number of aryl methyl sites for hydroxylation is 1. The highest BCUT2D eigenvalue weighted by molar-refractivity contribution is 5.93. The Balaban J connectivity index is 1.53. The monoisotopic (exact) mass is 381 g/mol. The highest BCUT2D eigenvalue weighted by atomic mass is 16.5. The number of carbonyl (C=O) groups excluding carboxylic acids is 2. The molecule has 1 aromatic heterocycles. The van der Waals surface area contributed by atoms with Crippen LogP contribution in [0.25, 0.3) is 11.5 Å². The van der Waals surface area contributed by atoms with Crippen molar-refractivity contribution in [1.29, 1.82) is 0 Å². The topological polar surface area (TPSA) is 104 Å². The number of rotatable bonds is 7. The van der Waals surface area contributed by atoms with Crippen LogP contribution in [-0.4, -0.2) is 36.3 Å². The molecule has 0 aliphatic heterocycles. The molecule has 1 amide bonds. The van der Waals surface area contributed by atoms with E-state index in [1.807, 2.05) is 12.1 Å². The lowest BCUT2D eigenvalue weighted by Crippen LogP contribution is -2.12. The number of nitrogens with one attached hydrogen (secondary N) is 1. The Labute approximate surface area is 161 Å². The molecule has 0 aliphatic carbocycles. The molecule has 1 N–H and O–H groups in total. The highest BCUT2D eigenvalue weighted by Crippen LogP contribution is 2.21. The lowest BCUT2D eigenvalue weighted by Gasteiger charge is -2.05. The van der Waals surface area contributed by atoms with Crippen LogP contribution < -0.4 is 10.1 Å². The van der Waals surface area contributed by atoms with Gasteiger partial charge in [0.05, 0.1) is 19.8 Å². The van der Waals surface area contributed by atoms with E-state index in [9.17, 15) is 9.59 Å². The first-order chi connectivity index (χ1) is 13.6. The maximum Gasteiger partial charge on any atom is 0.337 e. The van der Waals surface area contributed by atoms with Crippen molar-refractivity contribution in [3.8, 4) is 17.2 Å². The van der Waals surface area contributed by atoms with Gasteiger partial charge in [-0.2, -0.15) is 0 Å². The number of aromatic nitrogens is 2. The van der Waals surface area contributed by atoms with Crippen molar-refractivity contribution in [1.82, 2.24) is 10.2 Å². The van der Waals surface area contributed by atoms with Gasteiger partial charge in [-0.1, -0.05) is 0 Å². The Hall–Kier alpha value is -3.68. The van der Waals surface area contributed by atoms with Gasteiger partial charge in [-0.25, -0.2) is 4.79 Å². The lowest BCUT2D eigenvalue weighted by molar-refractivity contribution is -0.116. The number of ether oxygens (including phenoxy) is 2. The van der Waals surface area contributed by atoms with Crippen LogP contribution in [0.2, 0.25) is 0 Å². The van der Waals surface area contributed by atoms with E-state index in [0.29, 0.717) is 29.5 Å². The van der Waals surface area contributed by atoms with Gasteiger partial charge in [-0.3, -0.25) is 4.79 Å². The second-order valence-corrected chi connectivity index (χ2v) is 5.85. The average Bonchev–Trinajstić information content (AvgIpc) is 3.21. The first-order valence-corrected chi connectivity index (χ1v) is 8.54. The van der Waals surface area contributed by atoms with E-state index in [4.69, 9.17) is 9.15 Å². The maximum atomic E-state index is 12.1. The van der Waals surface area contributed by atoms with Gasteiger partial charge < -0.3 is 19.2 Å². The fraction of sp³-hybridized carbons (Fsp3) is 0.200. The molecule has 8 heteroatoms. The fourth-order valence-electron chi connectivity index (χ4n) is 2.46. The molecule has 0 unspecified atom stereocenters. The lowest BCUT2D eigenvalue weighted by atomic mass is 10.2. The summed E-state index contributed by atoms with van der Waals surface area (Å²) in [6.45, 7) is 0. The molecule has 0 atom stereocenters. The molecule has 0 aliphatic rings. The summed E-state index contributed by atoms with van der Waals surface area (Å²) in [5.41, 5.74) is 1.77. The van der Waals surface area contributed by atoms with Gasteiger partial charge in [0.2, 0.25) is 17.7 Å². The Morgan fingerprint density at radius 2 is 1.71 bits per heavy atom. The minimum atomic E-state index is -0.429. The molecular formula is C20H19N3O5. The average molecular weight is 381 g/mol. The fourth-order valence-corrected chi connectivity index (χ4v) is 2.46. The van der Waals surface area contributed by atoms with Crippen molar-refractivity contribution in [2.45, 2.75) is 12.8 Å². The molecule has 0 spiro atoms. The molecule has 3 aromatic rings. The summed E-state index contributed by atoms with van der Waals surface area (Å²) in [7, 11) is 2.91. The molecule has 28 heavy (non-hydrogen) atoms. The second kappa shape index (κ2) is 8.81. The summed E-state index contributed by atoms with van der Waals surface area (Å²) in [4.78, 5) is 23.5. The molecule has 0 radical (unpaired) electrons. The van der Waals surface area contributed by atoms with Crippen LogP contribution in [0.3, 0.4) is 0 Å². The van der Waals surface area contributed by atoms with E-state index < -0.39 is 5.97 Å². The molecule has 2 aromatic carbocycles. The second-order valence-electron chi connectivity index (χ2n) is 5.85. The van der Waals surface area contributed by atoms with E-state index in [1.165, 1.54) is 7.11 Å². The zero-order chi connectivity index (χ0) is 19.9. The Morgan fingerprint density at radius 3 is 2.36 bits per heavy atom. The molecule has 0 saturated heterocycles. The molecule has 0 bridgehead atoms. The van der Waals surface area contributed by atoms with Crippen LogP contribution >= 0.6 is 0 Å². The summed E-state index contributed by atoms with van der Waals surface area (Å²) in [5.74, 6) is 0.871. The standard InChI is InChI=1S/C20H19N3O5/c1-26-16-9-5-13(6-10-16)19-23-22-18(28-19)12-11-17(24)21-15-7-3-14(4-8-15)20(25)27-2/h3-10H,11-12H2,1-2H3,(H,21,24). The van der Waals surface area contributed by atoms with Gasteiger partial charge in [0, 0.05) is 24.1 Å². The third kappa shape index (κ3) is 4.73. The highest BCUT2D eigenvalue weighted by Gasteiger charge is 2.11. The number of anilines is 1. The van der Waals surface area contributed by atoms with Crippen molar-refractivity contribution in [2.24, 2.45) is 0 Å². The minimum absolute atomic E-state index is 0.184. The van der Waals surface area contributed by atoms with Crippen molar-refractivity contribution in [3.05, 3.63) is 60.0 Å². The van der Waals surface area contributed by atoms with E-state index in [2.05, 4.69) is 20.3 Å². The number of hydrogen-bond donors (Lipinski definition) is 1. The van der Waals surface area contributed by atoms with E-state index in [1.54, 1.807) is 43.5 Å². The van der Waals surface area contributed by atoms with Gasteiger partial charge in [0.25, 0.3) is 0 Å². The zero-order valence-corrected chi connectivity index (χ0v) is 15.5. The van der Waals surface area contributed by atoms with E-state index >= 15 is 0 Å².